The molecule has 0 bridgehead atoms. The van der Waals surface area contributed by atoms with Gasteiger partial charge in [-0.3, -0.25) is 0 Å². The normalized spacial score (nSPS) is 20.1. The minimum Gasteiger partial charge on any atom is -0.478 e. The average Bonchev–Trinajstić information content (AvgIpc) is 2.53. The minimum atomic E-state index is -0.862. The molecule has 0 saturated heterocycles. The molecule has 2 heteroatoms. The summed E-state index contributed by atoms with van der Waals surface area (Å²) < 4.78 is 0. The van der Waals surface area contributed by atoms with Crippen LogP contribution in [-0.4, -0.2) is 11.1 Å². The molecule has 0 aromatic heterocycles. The second-order valence-corrected chi connectivity index (χ2v) is 7.78. The van der Waals surface area contributed by atoms with Crippen LogP contribution in [0.2, 0.25) is 0 Å². The fraction of sp³-hybridized carbons (Fsp3) is 0.522. The van der Waals surface area contributed by atoms with Gasteiger partial charge in [0.1, 0.15) is 0 Å². The van der Waals surface area contributed by atoms with Crippen LogP contribution in [-0.2, 0) is 4.79 Å². The molecular weight excluding hydrogens is 308 g/mol. The molecule has 0 spiro atoms. The van der Waals surface area contributed by atoms with E-state index < -0.39 is 5.97 Å². The van der Waals surface area contributed by atoms with Gasteiger partial charge in [-0.25, -0.2) is 4.79 Å². The van der Waals surface area contributed by atoms with E-state index in [2.05, 4.69) is 46.8 Å². The average molecular weight is 343 g/mol. The molecule has 0 aromatic rings. The Morgan fingerprint density at radius 3 is 2.40 bits per heavy atom. The fourth-order valence-corrected chi connectivity index (χ4v) is 3.37. The van der Waals surface area contributed by atoms with E-state index in [9.17, 15) is 4.79 Å². The van der Waals surface area contributed by atoms with Gasteiger partial charge in [-0.05, 0) is 81.1 Å². The molecule has 1 aliphatic carbocycles. The van der Waals surface area contributed by atoms with Crippen molar-refractivity contribution in [1.82, 2.24) is 0 Å². The van der Waals surface area contributed by atoms with E-state index in [1.165, 1.54) is 41.6 Å². The summed E-state index contributed by atoms with van der Waals surface area (Å²) in [5.74, 6) is -0.862. The zero-order valence-corrected chi connectivity index (χ0v) is 17.0. The summed E-state index contributed by atoms with van der Waals surface area (Å²) in [6.07, 6.45) is 13.0. The Morgan fingerprint density at radius 2 is 1.88 bits per heavy atom. The van der Waals surface area contributed by atoms with E-state index in [-0.39, 0.29) is 5.41 Å². The third-order valence-corrected chi connectivity index (χ3v) is 5.35. The van der Waals surface area contributed by atoms with E-state index in [0.29, 0.717) is 5.57 Å². The lowest BCUT2D eigenvalue weighted by molar-refractivity contribution is -0.132. The fourth-order valence-electron chi connectivity index (χ4n) is 3.37. The van der Waals surface area contributed by atoms with Crippen molar-refractivity contribution < 1.29 is 9.90 Å². The predicted octanol–water partition coefficient (Wildman–Crippen LogP) is 6.77. The summed E-state index contributed by atoms with van der Waals surface area (Å²) in [6, 6.07) is 0. The third-order valence-electron chi connectivity index (χ3n) is 5.35. The maximum atomic E-state index is 11.0. The van der Waals surface area contributed by atoms with Crippen molar-refractivity contribution >= 4 is 5.97 Å². The predicted molar refractivity (Wildman–Crippen MR) is 108 cm³/mol. The summed E-state index contributed by atoms with van der Waals surface area (Å²) in [7, 11) is 0. The molecule has 1 N–H and O–H groups in total. The Balaban J connectivity index is 3.11. The molecule has 0 saturated carbocycles. The maximum Gasteiger partial charge on any atom is 0.331 e. The van der Waals surface area contributed by atoms with Gasteiger partial charge in [-0.15, -0.1) is 0 Å². The lowest BCUT2D eigenvalue weighted by Crippen LogP contribution is -2.19. The number of aliphatic carboxylic acids is 1. The molecule has 2 nitrogen and oxygen atoms in total. The van der Waals surface area contributed by atoms with Crippen molar-refractivity contribution in [3.05, 3.63) is 57.7 Å². The highest BCUT2D eigenvalue weighted by atomic mass is 16.4. The number of carbonyl (C=O) groups is 1. The Labute approximate surface area is 153 Å². The molecule has 0 radical (unpaired) electrons. The highest BCUT2D eigenvalue weighted by Crippen LogP contribution is 2.41. The number of carboxylic acids is 1. The minimum absolute atomic E-state index is 0.247. The van der Waals surface area contributed by atoms with Crippen molar-refractivity contribution in [2.24, 2.45) is 5.41 Å². The van der Waals surface area contributed by atoms with Crippen molar-refractivity contribution in [3.8, 4) is 0 Å². The van der Waals surface area contributed by atoms with Gasteiger partial charge < -0.3 is 5.11 Å². The smallest absolute Gasteiger partial charge is 0.331 e. The van der Waals surface area contributed by atoms with E-state index in [4.69, 9.17) is 5.11 Å². The van der Waals surface area contributed by atoms with Crippen molar-refractivity contribution in [1.29, 1.82) is 0 Å². The molecule has 0 amide bonds. The van der Waals surface area contributed by atoms with Crippen molar-refractivity contribution in [2.75, 3.05) is 0 Å². The lowest BCUT2D eigenvalue weighted by atomic mass is 9.72. The van der Waals surface area contributed by atoms with Gasteiger partial charge in [0.15, 0.2) is 0 Å². The Kier molecular flexibility index (Phi) is 7.66. The summed E-state index contributed by atoms with van der Waals surface area (Å²) in [5.41, 5.74) is 7.01. The van der Waals surface area contributed by atoms with Crippen LogP contribution >= 0.6 is 0 Å². The number of carboxylic acid groups (broad SMARTS) is 1. The van der Waals surface area contributed by atoms with Gasteiger partial charge in [0, 0.05) is 5.57 Å². The monoisotopic (exact) mass is 342 g/mol. The van der Waals surface area contributed by atoms with E-state index in [1.807, 2.05) is 19.1 Å². The highest BCUT2D eigenvalue weighted by molar-refractivity contribution is 5.87. The summed E-state index contributed by atoms with van der Waals surface area (Å²) in [4.78, 5) is 11.0. The number of rotatable bonds is 6. The van der Waals surface area contributed by atoms with Gasteiger partial charge in [-0.2, -0.15) is 0 Å². The Hall–Kier alpha value is -1.83. The quantitative estimate of drug-likeness (QED) is 0.427. The van der Waals surface area contributed by atoms with Gasteiger partial charge in [0.05, 0.1) is 0 Å². The molecule has 1 aliphatic rings. The molecule has 0 atom stereocenters. The first kappa shape index (κ1) is 21.2. The van der Waals surface area contributed by atoms with Gasteiger partial charge >= 0.3 is 5.97 Å². The molecule has 1 rings (SSSR count). The molecule has 0 heterocycles. The van der Waals surface area contributed by atoms with Crippen molar-refractivity contribution in [3.63, 3.8) is 0 Å². The van der Waals surface area contributed by atoms with Crippen LogP contribution in [0.15, 0.2) is 57.7 Å². The van der Waals surface area contributed by atoms with Crippen LogP contribution in [0.4, 0.5) is 0 Å². The second kappa shape index (κ2) is 9.03. The SMILES string of the molecule is CCC(=CC1=C(C)CCCC1(C)C)C(C)=CC=CC(C)=C(C)C(=O)O. The summed E-state index contributed by atoms with van der Waals surface area (Å²) >= 11 is 0. The third kappa shape index (κ3) is 5.88. The zero-order chi connectivity index (χ0) is 19.2. The molecular formula is C23H34O2. The zero-order valence-electron chi connectivity index (χ0n) is 17.0. The number of hydrogen-bond acceptors (Lipinski definition) is 1. The topological polar surface area (TPSA) is 37.3 Å². The molecule has 25 heavy (non-hydrogen) atoms. The molecule has 138 valence electrons. The van der Waals surface area contributed by atoms with E-state index >= 15 is 0 Å². The molecule has 0 unspecified atom stereocenters. The number of allylic oxidation sites excluding steroid dienone is 9. The van der Waals surface area contributed by atoms with Gasteiger partial charge in [0.2, 0.25) is 0 Å². The van der Waals surface area contributed by atoms with Crippen LogP contribution in [0.25, 0.3) is 0 Å². The van der Waals surface area contributed by atoms with E-state index in [0.717, 1.165) is 12.0 Å². The Bertz CT molecular complexity index is 664. The first-order valence-corrected chi connectivity index (χ1v) is 9.27. The van der Waals surface area contributed by atoms with Crippen LogP contribution in [0.5, 0.6) is 0 Å². The van der Waals surface area contributed by atoms with Gasteiger partial charge in [-0.1, -0.05) is 50.6 Å². The first-order valence-electron chi connectivity index (χ1n) is 9.27. The summed E-state index contributed by atoms with van der Waals surface area (Å²) in [5, 5.41) is 9.02. The van der Waals surface area contributed by atoms with E-state index in [1.54, 1.807) is 6.92 Å². The van der Waals surface area contributed by atoms with Crippen molar-refractivity contribution in [2.45, 2.75) is 74.1 Å². The summed E-state index contributed by atoms with van der Waals surface area (Å²) in [6.45, 7) is 14.7. The lowest BCUT2D eigenvalue weighted by Gasteiger charge is -2.33. The Morgan fingerprint density at radius 1 is 1.24 bits per heavy atom. The highest BCUT2D eigenvalue weighted by Gasteiger charge is 2.27. The van der Waals surface area contributed by atoms with Gasteiger partial charge in [0.25, 0.3) is 0 Å². The van der Waals surface area contributed by atoms with Crippen LogP contribution in [0.3, 0.4) is 0 Å². The molecule has 0 fully saturated rings. The number of hydrogen-bond donors (Lipinski definition) is 1. The van der Waals surface area contributed by atoms with Crippen LogP contribution in [0.1, 0.15) is 74.1 Å². The maximum absolute atomic E-state index is 11.0. The molecule has 0 aromatic carbocycles. The van der Waals surface area contributed by atoms with Crippen LogP contribution in [0, 0.1) is 5.41 Å². The first-order chi connectivity index (χ1) is 11.6. The van der Waals surface area contributed by atoms with Crippen LogP contribution < -0.4 is 0 Å². The largest absolute Gasteiger partial charge is 0.478 e. The molecule has 0 aliphatic heterocycles. The standard InChI is InChI=1S/C23H34O2/c1-8-20(15-21-18(4)13-10-14-23(21,6)7)17(3)12-9-11-16(2)19(5)22(24)25/h9,11-12,15H,8,10,13-14H2,1-7H3,(H,24,25). The second-order valence-electron chi connectivity index (χ2n) is 7.78.